The van der Waals surface area contributed by atoms with Crippen molar-refractivity contribution >= 4 is 40.6 Å². The molecule has 0 bridgehead atoms. The van der Waals surface area contributed by atoms with Gasteiger partial charge in [0.2, 0.25) is 5.95 Å². The average molecular weight is 306 g/mol. The van der Waals surface area contributed by atoms with Gasteiger partial charge in [-0.05, 0) is 30.3 Å². The van der Waals surface area contributed by atoms with Crippen molar-refractivity contribution in [3.63, 3.8) is 0 Å². The van der Waals surface area contributed by atoms with E-state index in [4.69, 9.17) is 23.2 Å². The van der Waals surface area contributed by atoms with Gasteiger partial charge in [-0.1, -0.05) is 29.3 Å². The van der Waals surface area contributed by atoms with Crippen LogP contribution in [-0.2, 0) is 0 Å². The number of benzene rings is 1. The second-order valence-electron chi connectivity index (χ2n) is 4.16. The van der Waals surface area contributed by atoms with Crippen LogP contribution in [0.4, 0.5) is 5.95 Å². The van der Waals surface area contributed by atoms with E-state index in [9.17, 15) is 4.79 Å². The molecule has 3 aromatic rings. The van der Waals surface area contributed by atoms with E-state index in [0.29, 0.717) is 21.6 Å². The maximum Gasteiger partial charge on any atom is 0.259 e. The van der Waals surface area contributed by atoms with Gasteiger partial charge in [0.15, 0.2) is 0 Å². The van der Waals surface area contributed by atoms with Crippen LogP contribution in [0.1, 0.15) is 10.4 Å². The Kier molecular flexibility index (Phi) is 3.34. The average Bonchev–Trinajstić information content (AvgIpc) is 2.85. The highest BCUT2D eigenvalue weighted by molar-refractivity contribution is 6.36. The van der Waals surface area contributed by atoms with Gasteiger partial charge in [-0.2, -0.15) is 0 Å². The second kappa shape index (κ2) is 5.15. The first-order valence-corrected chi connectivity index (χ1v) is 6.59. The molecule has 4 nitrogen and oxygen atoms in total. The smallest absolute Gasteiger partial charge is 0.259 e. The Balaban J connectivity index is 1.94. The summed E-state index contributed by atoms with van der Waals surface area (Å²) in [4.78, 5) is 16.4. The number of carbonyl (C=O) groups excluding carboxylic acids is 1. The summed E-state index contributed by atoms with van der Waals surface area (Å²) in [5, 5.41) is 3.51. The van der Waals surface area contributed by atoms with Gasteiger partial charge in [-0.25, -0.2) is 4.98 Å². The van der Waals surface area contributed by atoms with Crippen LogP contribution in [-0.4, -0.2) is 15.3 Å². The molecule has 0 saturated carbocycles. The number of carbonyl (C=O) groups is 1. The minimum atomic E-state index is -0.353. The maximum atomic E-state index is 12.2. The summed E-state index contributed by atoms with van der Waals surface area (Å²) in [7, 11) is 0. The molecule has 0 aliphatic heterocycles. The summed E-state index contributed by atoms with van der Waals surface area (Å²) in [6.45, 7) is 0. The lowest BCUT2D eigenvalue weighted by molar-refractivity contribution is 0.102. The van der Waals surface area contributed by atoms with Crippen LogP contribution in [0.5, 0.6) is 0 Å². The van der Waals surface area contributed by atoms with Gasteiger partial charge in [-0.15, -0.1) is 0 Å². The highest BCUT2D eigenvalue weighted by Gasteiger charge is 2.13. The molecule has 6 heteroatoms. The molecule has 100 valence electrons. The predicted octanol–water partition coefficient (Wildman–Crippen LogP) is 3.89. The standard InChI is InChI=1S/C14H9Cl2N3O/c15-9-4-5-12(16)11(7-9)13(20)18-14-17-8-10-3-1-2-6-19(10)14/h1-8H,(H,17,18,20). The number of pyridine rings is 1. The fourth-order valence-electron chi connectivity index (χ4n) is 1.88. The van der Waals surface area contributed by atoms with Gasteiger partial charge in [-0.3, -0.25) is 14.5 Å². The third-order valence-electron chi connectivity index (χ3n) is 2.84. The summed E-state index contributed by atoms with van der Waals surface area (Å²) >= 11 is 11.9. The molecule has 0 radical (unpaired) electrons. The zero-order valence-corrected chi connectivity index (χ0v) is 11.7. The van der Waals surface area contributed by atoms with Crippen LogP contribution in [0.3, 0.4) is 0 Å². The maximum absolute atomic E-state index is 12.2. The van der Waals surface area contributed by atoms with Gasteiger partial charge >= 0.3 is 0 Å². The van der Waals surface area contributed by atoms with Gasteiger partial charge < -0.3 is 0 Å². The number of hydrogen-bond acceptors (Lipinski definition) is 2. The van der Waals surface area contributed by atoms with E-state index in [0.717, 1.165) is 5.52 Å². The molecular weight excluding hydrogens is 297 g/mol. The van der Waals surface area contributed by atoms with Crippen molar-refractivity contribution in [2.24, 2.45) is 0 Å². The van der Waals surface area contributed by atoms with Gasteiger partial charge in [0.25, 0.3) is 5.91 Å². The Morgan fingerprint density at radius 1 is 1.20 bits per heavy atom. The number of fused-ring (bicyclic) bond motifs is 1. The van der Waals surface area contributed by atoms with Gasteiger partial charge in [0.05, 0.1) is 22.3 Å². The molecule has 0 aliphatic rings. The Hall–Kier alpha value is -2.04. The molecule has 1 N–H and O–H groups in total. The molecule has 0 aliphatic carbocycles. The van der Waals surface area contributed by atoms with E-state index in [1.54, 1.807) is 22.7 Å². The van der Waals surface area contributed by atoms with Crippen LogP contribution in [0.2, 0.25) is 10.0 Å². The normalized spacial score (nSPS) is 10.7. The molecule has 2 heterocycles. The lowest BCUT2D eigenvalue weighted by Crippen LogP contribution is -2.14. The quantitative estimate of drug-likeness (QED) is 0.780. The van der Waals surface area contributed by atoms with E-state index in [1.165, 1.54) is 6.07 Å². The van der Waals surface area contributed by atoms with Crippen molar-refractivity contribution in [1.29, 1.82) is 0 Å². The van der Waals surface area contributed by atoms with E-state index in [-0.39, 0.29) is 5.91 Å². The molecule has 0 fully saturated rings. The number of nitrogens with one attached hydrogen (secondary N) is 1. The molecule has 0 saturated heterocycles. The predicted molar refractivity (Wildman–Crippen MR) is 79.6 cm³/mol. The third-order valence-corrected chi connectivity index (χ3v) is 3.40. The fourth-order valence-corrected chi connectivity index (χ4v) is 2.25. The Labute approximate surface area is 125 Å². The Morgan fingerprint density at radius 2 is 2.05 bits per heavy atom. The number of imidazole rings is 1. The summed E-state index contributed by atoms with van der Waals surface area (Å²) in [5.74, 6) is 0.0792. The highest BCUT2D eigenvalue weighted by Crippen LogP contribution is 2.21. The zero-order chi connectivity index (χ0) is 14.1. The monoisotopic (exact) mass is 305 g/mol. The number of halogens is 2. The topological polar surface area (TPSA) is 46.4 Å². The molecule has 1 amide bonds. The van der Waals surface area contributed by atoms with E-state index in [2.05, 4.69) is 10.3 Å². The zero-order valence-electron chi connectivity index (χ0n) is 10.2. The van der Waals surface area contributed by atoms with E-state index in [1.807, 2.05) is 24.4 Å². The molecule has 3 rings (SSSR count). The van der Waals surface area contributed by atoms with Crippen LogP contribution in [0, 0.1) is 0 Å². The van der Waals surface area contributed by atoms with Crippen molar-refractivity contribution in [2.45, 2.75) is 0 Å². The second-order valence-corrected chi connectivity index (χ2v) is 5.00. The Bertz CT molecular complexity index is 798. The molecule has 1 aromatic carbocycles. The Morgan fingerprint density at radius 3 is 2.90 bits per heavy atom. The minimum Gasteiger partial charge on any atom is -0.291 e. The van der Waals surface area contributed by atoms with E-state index >= 15 is 0 Å². The highest BCUT2D eigenvalue weighted by atomic mass is 35.5. The lowest BCUT2D eigenvalue weighted by Gasteiger charge is -2.06. The van der Waals surface area contributed by atoms with Crippen molar-refractivity contribution < 1.29 is 4.79 Å². The number of aromatic nitrogens is 2. The molecule has 20 heavy (non-hydrogen) atoms. The molecule has 2 aromatic heterocycles. The lowest BCUT2D eigenvalue weighted by atomic mass is 10.2. The van der Waals surface area contributed by atoms with Crippen LogP contribution in [0.25, 0.3) is 5.52 Å². The third kappa shape index (κ3) is 2.35. The SMILES string of the molecule is O=C(Nc1ncc2ccccn12)c1cc(Cl)ccc1Cl. The van der Waals surface area contributed by atoms with Crippen molar-refractivity contribution in [2.75, 3.05) is 5.32 Å². The van der Waals surface area contributed by atoms with Gasteiger partial charge in [0.1, 0.15) is 0 Å². The minimum absolute atomic E-state index is 0.312. The fraction of sp³-hybridized carbons (Fsp3) is 0. The molecular formula is C14H9Cl2N3O. The van der Waals surface area contributed by atoms with Gasteiger partial charge in [0, 0.05) is 11.2 Å². The van der Waals surface area contributed by atoms with Crippen LogP contribution in [0.15, 0.2) is 48.8 Å². The number of rotatable bonds is 2. The summed E-state index contributed by atoms with van der Waals surface area (Å²) in [6.07, 6.45) is 3.49. The molecule has 0 spiro atoms. The number of hydrogen-bond donors (Lipinski definition) is 1. The first kappa shape index (κ1) is 13.0. The molecule has 0 unspecified atom stereocenters. The summed E-state index contributed by atoms with van der Waals surface area (Å²) < 4.78 is 1.77. The summed E-state index contributed by atoms with van der Waals surface area (Å²) in [5.41, 5.74) is 1.20. The number of amides is 1. The largest absolute Gasteiger partial charge is 0.291 e. The van der Waals surface area contributed by atoms with Crippen molar-refractivity contribution in [1.82, 2.24) is 9.38 Å². The molecule has 0 atom stereocenters. The van der Waals surface area contributed by atoms with Crippen LogP contribution >= 0.6 is 23.2 Å². The van der Waals surface area contributed by atoms with Crippen molar-refractivity contribution in [3.05, 3.63) is 64.4 Å². The van der Waals surface area contributed by atoms with Crippen molar-refractivity contribution in [3.8, 4) is 0 Å². The first-order valence-electron chi connectivity index (χ1n) is 5.83. The number of anilines is 1. The number of nitrogens with zero attached hydrogens (tertiary/aromatic N) is 2. The van der Waals surface area contributed by atoms with Crippen LogP contribution < -0.4 is 5.32 Å². The first-order chi connectivity index (χ1) is 9.65. The summed E-state index contributed by atoms with van der Waals surface area (Å²) in [6, 6.07) is 10.4. The van der Waals surface area contributed by atoms with E-state index < -0.39 is 0 Å².